The van der Waals surface area contributed by atoms with Crippen molar-refractivity contribution in [3.63, 3.8) is 0 Å². The van der Waals surface area contributed by atoms with Crippen LogP contribution in [0.2, 0.25) is 0 Å². The molecule has 0 unspecified atom stereocenters. The van der Waals surface area contributed by atoms with Gasteiger partial charge in [-0.2, -0.15) is 5.10 Å². The Kier molecular flexibility index (Phi) is 4.85. The molecule has 112 valence electrons. The number of hydrogen-bond acceptors (Lipinski definition) is 5. The summed E-state index contributed by atoms with van der Waals surface area (Å²) in [6.07, 6.45) is 1.62. The monoisotopic (exact) mass is 353 g/mol. The molecule has 0 atom stereocenters. The molecule has 0 aliphatic heterocycles. The van der Waals surface area contributed by atoms with Crippen molar-refractivity contribution in [2.75, 3.05) is 19.5 Å². The largest absolute Gasteiger partial charge is 0.496 e. The number of nitrogens with zero attached hydrogens (tertiary/aromatic N) is 2. The molecule has 21 heavy (non-hydrogen) atoms. The fourth-order valence-corrected chi connectivity index (χ4v) is 2.46. The van der Waals surface area contributed by atoms with Gasteiger partial charge < -0.3 is 15.2 Å². The SMILES string of the molecule is CCOC(=O)c1nn(Cc2ccc(OC)c(Br)c2)cc1N. The summed E-state index contributed by atoms with van der Waals surface area (Å²) in [6, 6.07) is 5.71. The molecule has 0 bridgehead atoms. The minimum Gasteiger partial charge on any atom is -0.496 e. The van der Waals surface area contributed by atoms with E-state index in [9.17, 15) is 4.79 Å². The minimum atomic E-state index is -0.510. The van der Waals surface area contributed by atoms with E-state index in [1.54, 1.807) is 24.9 Å². The molecule has 0 fully saturated rings. The van der Waals surface area contributed by atoms with Crippen molar-refractivity contribution in [2.45, 2.75) is 13.5 Å². The van der Waals surface area contributed by atoms with E-state index >= 15 is 0 Å². The van der Waals surface area contributed by atoms with Crippen LogP contribution >= 0.6 is 15.9 Å². The van der Waals surface area contributed by atoms with Crippen molar-refractivity contribution in [3.8, 4) is 5.75 Å². The van der Waals surface area contributed by atoms with Crippen molar-refractivity contribution in [1.29, 1.82) is 0 Å². The van der Waals surface area contributed by atoms with E-state index in [0.717, 1.165) is 15.8 Å². The lowest BCUT2D eigenvalue weighted by Crippen LogP contribution is -2.09. The summed E-state index contributed by atoms with van der Waals surface area (Å²) in [4.78, 5) is 11.7. The van der Waals surface area contributed by atoms with E-state index in [1.165, 1.54) is 0 Å². The fraction of sp³-hybridized carbons (Fsp3) is 0.286. The Morgan fingerprint density at radius 1 is 1.48 bits per heavy atom. The van der Waals surface area contributed by atoms with Crippen LogP contribution < -0.4 is 10.5 Å². The van der Waals surface area contributed by atoms with Crippen molar-refractivity contribution in [2.24, 2.45) is 0 Å². The van der Waals surface area contributed by atoms with Gasteiger partial charge >= 0.3 is 5.97 Å². The molecule has 6 nitrogen and oxygen atoms in total. The van der Waals surface area contributed by atoms with Crippen LogP contribution in [0.25, 0.3) is 0 Å². The molecule has 2 rings (SSSR count). The molecule has 0 spiro atoms. The average Bonchev–Trinajstić information content (AvgIpc) is 2.80. The summed E-state index contributed by atoms with van der Waals surface area (Å²) in [5.41, 5.74) is 7.24. The standard InChI is InChI=1S/C14H16BrN3O3/c1-3-21-14(19)13-11(16)8-18(17-13)7-9-4-5-12(20-2)10(15)6-9/h4-6,8H,3,7,16H2,1-2H3. The van der Waals surface area contributed by atoms with Crippen LogP contribution in [0, 0.1) is 0 Å². The van der Waals surface area contributed by atoms with Crippen LogP contribution in [0.15, 0.2) is 28.9 Å². The molecule has 0 aliphatic rings. The minimum absolute atomic E-state index is 0.143. The Morgan fingerprint density at radius 2 is 2.24 bits per heavy atom. The Bertz CT molecular complexity index is 655. The lowest BCUT2D eigenvalue weighted by Gasteiger charge is -2.06. The summed E-state index contributed by atoms with van der Waals surface area (Å²) in [5.74, 6) is 0.246. The fourth-order valence-electron chi connectivity index (χ4n) is 1.87. The Balaban J connectivity index is 2.18. The molecule has 1 heterocycles. The zero-order valence-electron chi connectivity index (χ0n) is 11.8. The molecule has 7 heteroatoms. The van der Waals surface area contributed by atoms with E-state index in [4.69, 9.17) is 15.2 Å². The predicted molar refractivity (Wildman–Crippen MR) is 82.4 cm³/mol. The zero-order chi connectivity index (χ0) is 15.4. The summed E-state index contributed by atoms with van der Waals surface area (Å²) in [5, 5.41) is 4.17. The maximum Gasteiger partial charge on any atom is 0.361 e. The lowest BCUT2D eigenvalue weighted by atomic mass is 10.2. The molecule has 1 aromatic heterocycles. The molecular weight excluding hydrogens is 338 g/mol. The van der Waals surface area contributed by atoms with Gasteiger partial charge in [0.05, 0.1) is 30.4 Å². The quantitative estimate of drug-likeness (QED) is 0.835. The van der Waals surface area contributed by atoms with Crippen molar-refractivity contribution < 1.29 is 14.3 Å². The van der Waals surface area contributed by atoms with Gasteiger partial charge in [0.15, 0.2) is 5.69 Å². The molecule has 0 aliphatic carbocycles. The van der Waals surface area contributed by atoms with Gasteiger partial charge in [-0.1, -0.05) is 6.07 Å². The predicted octanol–water partition coefficient (Wildman–Crippen LogP) is 2.46. The second-order valence-electron chi connectivity index (χ2n) is 4.32. The number of nitrogen functional groups attached to an aromatic ring is 1. The highest BCUT2D eigenvalue weighted by molar-refractivity contribution is 9.10. The molecule has 0 amide bonds. The Labute approximate surface area is 131 Å². The average molecular weight is 354 g/mol. The van der Waals surface area contributed by atoms with Crippen LogP contribution in [0.5, 0.6) is 5.75 Å². The molecule has 0 saturated carbocycles. The first-order valence-electron chi connectivity index (χ1n) is 6.37. The number of halogens is 1. The van der Waals surface area contributed by atoms with Gasteiger partial charge in [-0.05, 0) is 40.5 Å². The van der Waals surface area contributed by atoms with Gasteiger partial charge in [-0.15, -0.1) is 0 Å². The normalized spacial score (nSPS) is 10.4. The van der Waals surface area contributed by atoms with Crippen LogP contribution in [-0.2, 0) is 11.3 Å². The molecule has 0 saturated heterocycles. The molecule has 1 aromatic carbocycles. The Morgan fingerprint density at radius 3 is 2.86 bits per heavy atom. The van der Waals surface area contributed by atoms with Crippen LogP contribution in [-0.4, -0.2) is 29.5 Å². The summed E-state index contributed by atoms with van der Waals surface area (Å²) < 4.78 is 12.5. The number of hydrogen-bond donors (Lipinski definition) is 1. The topological polar surface area (TPSA) is 79.4 Å². The highest BCUT2D eigenvalue weighted by atomic mass is 79.9. The molecule has 2 aromatic rings. The number of nitrogens with two attached hydrogens (primary N) is 1. The van der Waals surface area contributed by atoms with E-state index in [1.807, 2.05) is 18.2 Å². The number of carbonyl (C=O) groups excluding carboxylic acids is 1. The van der Waals surface area contributed by atoms with Crippen LogP contribution in [0.4, 0.5) is 5.69 Å². The van der Waals surface area contributed by atoms with Gasteiger partial charge in [0, 0.05) is 6.20 Å². The van der Waals surface area contributed by atoms with Crippen molar-refractivity contribution in [1.82, 2.24) is 9.78 Å². The Hall–Kier alpha value is -2.02. The smallest absolute Gasteiger partial charge is 0.361 e. The van der Waals surface area contributed by atoms with Gasteiger partial charge in [0.25, 0.3) is 0 Å². The third-order valence-corrected chi connectivity index (χ3v) is 3.44. The number of esters is 1. The van der Waals surface area contributed by atoms with Gasteiger partial charge in [-0.3, -0.25) is 4.68 Å². The number of benzene rings is 1. The summed E-state index contributed by atoms with van der Waals surface area (Å²) >= 11 is 3.43. The third kappa shape index (κ3) is 3.55. The highest BCUT2D eigenvalue weighted by Crippen LogP contribution is 2.26. The second kappa shape index (κ2) is 6.62. The first-order valence-corrected chi connectivity index (χ1v) is 7.17. The zero-order valence-corrected chi connectivity index (χ0v) is 13.4. The molecule has 0 radical (unpaired) electrons. The maximum absolute atomic E-state index is 11.7. The number of methoxy groups -OCH3 is 1. The number of rotatable bonds is 5. The first-order chi connectivity index (χ1) is 10.0. The first kappa shape index (κ1) is 15.4. The van der Waals surface area contributed by atoms with E-state index < -0.39 is 5.97 Å². The third-order valence-electron chi connectivity index (χ3n) is 2.82. The van der Waals surface area contributed by atoms with E-state index in [0.29, 0.717) is 12.2 Å². The van der Waals surface area contributed by atoms with E-state index in [-0.39, 0.29) is 12.3 Å². The number of carbonyl (C=O) groups is 1. The number of ether oxygens (including phenoxy) is 2. The summed E-state index contributed by atoms with van der Waals surface area (Å²) in [7, 11) is 1.61. The van der Waals surface area contributed by atoms with E-state index in [2.05, 4.69) is 21.0 Å². The van der Waals surface area contributed by atoms with Crippen molar-refractivity contribution in [3.05, 3.63) is 40.1 Å². The number of anilines is 1. The molecular formula is C14H16BrN3O3. The molecule has 2 N–H and O–H groups in total. The van der Waals surface area contributed by atoms with Gasteiger partial charge in [0.1, 0.15) is 5.75 Å². The van der Waals surface area contributed by atoms with Crippen LogP contribution in [0.3, 0.4) is 0 Å². The van der Waals surface area contributed by atoms with Gasteiger partial charge in [-0.25, -0.2) is 4.79 Å². The number of aromatic nitrogens is 2. The summed E-state index contributed by atoms with van der Waals surface area (Å²) in [6.45, 7) is 2.52. The highest BCUT2D eigenvalue weighted by Gasteiger charge is 2.16. The second-order valence-corrected chi connectivity index (χ2v) is 5.17. The lowest BCUT2D eigenvalue weighted by molar-refractivity contribution is 0.0519. The maximum atomic E-state index is 11.7. The van der Waals surface area contributed by atoms with Crippen LogP contribution in [0.1, 0.15) is 23.0 Å². The van der Waals surface area contributed by atoms with Crippen molar-refractivity contribution >= 4 is 27.6 Å². The van der Waals surface area contributed by atoms with Gasteiger partial charge in [0.2, 0.25) is 0 Å².